The molecule has 0 N–H and O–H groups in total. The molecule has 0 amide bonds. The number of piperidine rings is 1. The van der Waals surface area contributed by atoms with Gasteiger partial charge in [0, 0.05) is 35.7 Å². The molecule has 2 nitrogen and oxygen atoms in total. The van der Waals surface area contributed by atoms with Gasteiger partial charge in [-0.05, 0) is 41.9 Å². The van der Waals surface area contributed by atoms with Gasteiger partial charge in [-0.25, -0.2) is 4.98 Å². The van der Waals surface area contributed by atoms with Crippen LogP contribution in [0, 0.1) is 6.85 Å². The lowest BCUT2D eigenvalue weighted by Gasteiger charge is -2.25. The van der Waals surface area contributed by atoms with Gasteiger partial charge >= 0.3 is 0 Å². The Labute approximate surface area is 109 Å². The van der Waals surface area contributed by atoms with E-state index in [1.165, 1.54) is 0 Å². The van der Waals surface area contributed by atoms with Crippen LogP contribution in [0.1, 0.15) is 41.8 Å². The average Bonchev–Trinajstić information content (AvgIpc) is 2.77. The van der Waals surface area contributed by atoms with E-state index >= 15 is 0 Å². The fourth-order valence-electron chi connectivity index (χ4n) is 0.709. The van der Waals surface area contributed by atoms with E-state index in [1.807, 2.05) is 0 Å². The molecule has 13 heavy (non-hydrogen) atoms. The molecule has 2 heterocycles. The number of aryl methyl sites for hydroxylation is 1. The topological polar surface area (TPSA) is 16.1 Å². The Kier molecular flexibility index (Phi) is 0.771. The Hall–Kier alpha value is -0.0900. The van der Waals surface area contributed by atoms with Gasteiger partial charge in [-0.3, -0.25) is 0 Å². The number of thiazole rings is 1. The van der Waals surface area contributed by atoms with Crippen LogP contribution in [0.5, 0.6) is 0 Å². The molecule has 0 saturated carbocycles. The Morgan fingerprint density at radius 1 is 1.54 bits per heavy atom. The maximum absolute atomic E-state index is 8.03. The Morgan fingerprint density at radius 3 is 2.92 bits per heavy atom. The molecule has 0 atom stereocenters. The first-order valence-electron chi connectivity index (χ1n) is 9.72. The van der Waals surface area contributed by atoms with Crippen molar-refractivity contribution in [2.45, 2.75) is 26.0 Å². The van der Waals surface area contributed by atoms with Crippen molar-refractivity contribution in [3.63, 3.8) is 0 Å². The largest absolute Gasteiger partial charge is 0.348 e. The minimum atomic E-state index is -3.54. The van der Waals surface area contributed by atoms with Gasteiger partial charge < -0.3 is 4.90 Å². The second-order valence-electron chi connectivity index (χ2n) is 2.05. The minimum absolute atomic E-state index is 0.0476. The van der Waals surface area contributed by atoms with E-state index in [4.69, 9.17) is 17.8 Å². The smallest absolute Gasteiger partial charge is 0.186 e. The van der Waals surface area contributed by atoms with Crippen molar-refractivity contribution in [3.8, 4) is 0 Å². The molecule has 1 aromatic heterocycles. The number of hydrogen-bond donors (Lipinski definition) is 0. The lowest BCUT2D eigenvalue weighted by Crippen LogP contribution is -2.29. The van der Waals surface area contributed by atoms with Gasteiger partial charge in [-0.2, -0.15) is 0 Å². The molecule has 2 rings (SSSR count). The van der Waals surface area contributed by atoms with Crippen molar-refractivity contribution in [1.29, 1.82) is 0 Å². The molecule has 1 aromatic rings. The van der Waals surface area contributed by atoms with E-state index in [0.717, 1.165) is 0 Å². The van der Waals surface area contributed by atoms with E-state index in [-0.39, 0.29) is 14.4 Å². The third kappa shape index (κ3) is 2.05. The fourth-order valence-corrected chi connectivity index (χ4v) is 1.87. The van der Waals surface area contributed by atoms with Crippen molar-refractivity contribution in [2.24, 2.45) is 0 Å². The van der Waals surface area contributed by atoms with Gasteiger partial charge in [0.05, 0.1) is 0 Å². The van der Waals surface area contributed by atoms with Gasteiger partial charge in [-0.1, -0.05) is 0 Å². The summed E-state index contributed by atoms with van der Waals surface area (Å²) in [7, 11) is 0. The first kappa shape index (κ1) is 2.53. The van der Waals surface area contributed by atoms with Crippen molar-refractivity contribution in [2.75, 3.05) is 17.9 Å². The van der Waals surface area contributed by atoms with Crippen LogP contribution in [0.25, 0.3) is 0 Å². The number of halogens is 1. The minimum Gasteiger partial charge on any atom is -0.348 e. The van der Waals surface area contributed by atoms with Crippen LogP contribution in [-0.2, 0) is 0 Å². The van der Waals surface area contributed by atoms with E-state index in [2.05, 4.69) is 20.9 Å². The van der Waals surface area contributed by atoms with Crippen molar-refractivity contribution in [1.82, 2.24) is 4.98 Å². The summed E-state index contributed by atoms with van der Waals surface area (Å²) in [5, 5.41) is -0.624. The van der Waals surface area contributed by atoms with E-state index in [9.17, 15) is 0 Å². The second-order valence-corrected chi connectivity index (χ2v) is 3.78. The first-order valence-corrected chi connectivity index (χ1v) is 4.82. The highest BCUT2D eigenvalue weighted by Gasteiger charge is 2.15. The molecule has 0 radical (unpaired) electrons. The maximum atomic E-state index is 8.03. The maximum Gasteiger partial charge on any atom is 0.186 e. The molecule has 1 saturated heterocycles. The molecular formula is C9H13BrN2S. The summed E-state index contributed by atoms with van der Waals surface area (Å²) in [4.78, 5) is 3.43. The van der Waals surface area contributed by atoms with Crippen LogP contribution in [0.4, 0.5) is 5.13 Å². The quantitative estimate of drug-likeness (QED) is 0.781. The Balaban J connectivity index is 2.79. The van der Waals surface area contributed by atoms with Crippen LogP contribution in [0.3, 0.4) is 0 Å². The first-order chi connectivity index (χ1) is 11.2. The molecule has 1 aliphatic heterocycles. The van der Waals surface area contributed by atoms with Crippen LogP contribution in [0.15, 0.2) is 4.60 Å². The third-order valence-electron chi connectivity index (χ3n) is 1.23. The number of rotatable bonds is 1. The predicted molar refractivity (Wildman–Crippen MR) is 60.6 cm³/mol. The second kappa shape index (κ2) is 3.96. The SMILES string of the molecule is [2H]C([2H])([2H])c1sc(N2C([2H])([2H])C([2H])([2H])C([2H])([2H])C([2H])([2H])C2([2H])[2H])nc1Br. The monoisotopic (exact) mass is 273 g/mol. The molecule has 0 bridgehead atoms. The van der Waals surface area contributed by atoms with E-state index in [1.54, 1.807) is 0 Å². The number of nitrogens with zero attached hydrogens (tertiary/aromatic N) is 2. The molecule has 0 spiro atoms. The van der Waals surface area contributed by atoms with Gasteiger partial charge in [0.1, 0.15) is 4.60 Å². The fraction of sp³-hybridized carbons (Fsp3) is 0.667. The zero-order chi connectivity index (χ0) is 20.7. The molecule has 72 valence electrons. The Morgan fingerprint density at radius 2 is 2.31 bits per heavy atom. The zero-order valence-electron chi connectivity index (χ0n) is 19.2. The van der Waals surface area contributed by atoms with E-state index in [0.29, 0.717) is 11.3 Å². The van der Waals surface area contributed by atoms with Crippen LogP contribution in [-0.4, -0.2) is 18.0 Å². The molecule has 0 unspecified atom stereocenters. The van der Waals surface area contributed by atoms with Crippen LogP contribution >= 0.6 is 27.3 Å². The molecule has 0 aromatic carbocycles. The standard InChI is InChI=1S/C9H13BrN2S/c1-7-8(10)11-9(13-7)12-5-3-2-4-6-12/h2-6H2,1H3/i1D3,2D2,3D2,4D2,5D2,6D2. The summed E-state index contributed by atoms with van der Waals surface area (Å²) in [6.45, 7) is -9.43. The predicted octanol–water partition coefficient (Wildman–Crippen LogP) is 3.20. The van der Waals surface area contributed by atoms with Gasteiger partial charge in [0.25, 0.3) is 0 Å². The van der Waals surface area contributed by atoms with Gasteiger partial charge in [0.2, 0.25) is 0 Å². The lowest BCUT2D eigenvalue weighted by molar-refractivity contribution is 0.577. The summed E-state index contributed by atoms with van der Waals surface area (Å²) in [5.74, 6) is 0. The van der Waals surface area contributed by atoms with Crippen molar-refractivity contribution < 1.29 is 17.8 Å². The summed E-state index contributed by atoms with van der Waals surface area (Å²) in [5.41, 5.74) is 0. The molecule has 4 heteroatoms. The van der Waals surface area contributed by atoms with Crippen LogP contribution in [0.2, 0.25) is 0 Å². The van der Waals surface area contributed by atoms with E-state index < -0.39 is 44.1 Å². The number of aromatic nitrogens is 1. The summed E-state index contributed by atoms with van der Waals surface area (Å²) >= 11 is 3.23. The number of hydrogen-bond acceptors (Lipinski definition) is 3. The summed E-state index contributed by atoms with van der Waals surface area (Å²) in [6.07, 6.45) is -10.5. The molecule has 1 aliphatic rings. The summed E-state index contributed by atoms with van der Waals surface area (Å²) in [6, 6.07) is 0. The average molecular weight is 274 g/mol. The molecular weight excluding hydrogens is 248 g/mol. The normalized spacial score (nSPS) is 53.0. The highest BCUT2D eigenvalue weighted by molar-refractivity contribution is 9.10. The highest BCUT2D eigenvalue weighted by atomic mass is 79.9. The zero-order valence-corrected chi connectivity index (χ0v) is 8.58. The molecule has 0 aliphatic carbocycles. The molecule has 1 fully saturated rings. The lowest BCUT2D eigenvalue weighted by atomic mass is 10.1. The Bertz CT molecular complexity index is 694. The van der Waals surface area contributed by atoms with Crippen LogP contribution < -0.4 is 4.90 Å². The van der Waals surface area contributed by atoms with Crippen molar-refractivity contribution >= 4 is 32.4 Å². The highest BCUT2D eigenvalue weighted by Crippen LogP contribution is 2.30. The summed E-state index contributed by atoms with van der Waals surface area (Å²) < 4.78 is 101. The van der Waals surface area contributed by atoms with Gasteiger partial charge in [-0.15, -0.1) is 11.3 Å². The van der Waals surface area contributed by atoms with Gasteiger partial charge in [0.15, 0.2) is 5.13 Å². The van der Waals surface area contributed by atoms with Crippen molar-refractivity contribution in [3.05, 3.63) is 9.48 Å². The number of anilines is 1. The third-order valence-corrected chi connectivity index (χ3v) is 2.92.